The van der Waals surface area contributed by atoms with Crippen LogP contribution >= 0.6 is 24.8 Å². The van der Waals surface area contributed by atoms with Crippen molar-refractivity contribution in [3.05, 3.63) is 71.8 Å². The maximum absolute atomic E-state index is 13.3. The lowest BCUT2D eigenvalue weighted by Crippen LogP contribution is -2.59. The first kappa shape index (κ1) is 26.0. The predicted molar refractivity (Wildman–Crippen MR) is 138 cm³/mol. The van der Waals surface area contributed by atoms with E-state index in [0.29, 0.717) is 11.8 Å². The van der Waals surface area contributed by atoms with Gasteiger partial charge in [0, 0.05) is 24.2 Å². The molecule has 180 valence electrons. The molecule has 0 bridgehead atoms. The van der Waals surface area contributed by atoms with E-state index in [0.717, 1.165) is 63.7 Å². The summed E-state index contributed by atoms with van der Waals surface area (Å²) in [5.74, 6) is 1.21. The van der Waals surface area contributed by atoms with Gasteiger partial charge in [-0.3, -0.25) is 9.69 Å². The van der Waals surface area contributed by atoms with Crippen molar-refractivity contribution in [2.75, 3.05) is 19.6 Å². The maximum atomic E-state index is 13.3. The summed E-state index contributed by atoms with van der Waals surface area (Å²) in [4.78, 5) is 17.9. The first-order chi connectivity index (χ1) is 15.2. The van der Waals surface area contributed by atoms with E-state index < -0.39 is 0 Å². The Balaban J connectivity index is 0.00000153. The minimum atomic E-state index is -0.277. The summed E-state index contributed by atoms with van der Waals surface area (Å²) in [5, 5.41) is 11.0. The Bertz CT molecular complexity index is 874. The van der Waals surface area contributed by atoms with Crippen molar-refractivity contribution in [1.29, 1.82) is 0 Å². The molecule has 0 spiro atoms. The van der Waals surface area contributed by atoms with Gasteiger partial charge in [-0.1, -0.05) is 48.5 Å². The van der Waals surface area contributed by atoms with E-state index in [2.05, 4.69) is 40.1 Å². The van der Waals surface area contributed by atoms with Crippen LogP contribution in [0, 0.1) is 5.92 Å². The lowest BCUT2D eigenvalue weighted by Gasteiger charge is -2.51. The molecule has 0 aromatic heterocycles. The first-order valence-corrected chi connectivity index (χ1v) is 12.0. The van der Waals surface area contributed by atoms with E-state index in [-0.39, 0.29) is 48.9 Å². The summed E-state index contributed by atoms with van der Waals surface area (Å²) < 4.78 is 0. The third-order valence-electron chi connectivity index (χ3n) is 7.94. The van der Waals surface area contributed by atoms with Crippen molar-refractivity contribution in [3.8, 4) is 0 Å². The van der Waals surface area contributed by atoms with E-state index in [9.17, 15) is 9.90 Å². The molecule has 1 aliphatic carbocycles. The summed E-state index contributed by atoms with van der Waals surface area (Å²) in [6.45, 7) is 2.91. The van der Waals surface area contributed by atoms with Gasteiger partial charge in [0.15, 0.2) is 0 Å². The number of carbonyl (C=O) groups is 1. The second-order valence-corrected chi connectivity index (χ2v) is 9.66. The zero-order chi connectivity index (χ0) is 21.2. The Labute approximate surface area is 210 Å². The van der Waals surface area contributed by atoms with Gasteiger partial charge in [-0.15, -0.1) is 24.8 Å². The minimum Gasteiger partial charge on any atom is -0.391 e. The lowest BCUT2D eigenvalue weighted by atomic mass is 9.73. The van der Waals surface area contributed by atoms with Crippen LogP contribution in [0.1, 0.15) is 60.4 Å². The fraction of sp³-hybridized carbons (Fsp3) is 0.519. The normalized spacial score (nSPS) is 28.2. The van der Waals surface area contributed by atoms with Crippen LogP contribution < -0.4 is 0 Å². The second-order valence-electron chi connectivity index (χ2n) is 9.66. The van der Waals surface area contributed by atoms with Crippen LogP contribution in [0.5, 0.6) is 0 Å². The Kier molecular flexibility index (Phi) is 9.23. The van der Waals surface area contributed by atoms with Crippen molar-refractivity contribution in [1.82, 2.24) is 9.80 Å². The molecule has 4 nitrogen and oxygen atoms in total. The molecule has 5 rings (SSSR count). The Morgan fingerprint density at radius 3 is 2.09 bits per heavy atom. The number of benzene rings is 2. The summed E-state index contributed by atoms with van der Waals surface area (Å²) in [6.07, 6.45) is 5.92. The largest absolute Gasteiger partial charge is 0.391 e. The van der Waals surface area contributed by atoms with Crippen LogP contribution in [0.2, 0.25) is 0 Å². The molecule has 2 aromatic carbocycles. The number of fused-ring (bicyclic) bond motifs is 1. The molecule has 2 saturated heterocycles. The quantitative estimate of drug-likeness (QED) is 0.646. The SMILES string of the molecule is Cl.Cl.O=C(c1ccccc1)N1CCC[C@@H]2C[C@@H](O)[C@H](N3CCC(c4ccccc4)CC3)C[C@H]21. The summed E-state index contributed by atoms with van der Waals surface area (Å²) in [6, 6.07) is 21.0. The van der Waals surface area contributed by atoms with Gasteiger partial charge in [-0.2, -0.15) is 0 Å². The lowest BCUT2D eigenvalue weighted by molar-refractivity contribution is -0.0514. The van der Waals surface area contributed by atoms with Crippen LogP contribution in [-0.2, 0) is 0 Å². The topological polar surface area (TPSA) is 43.8 Å². The molecule has 0 unspecified atom stereocenters. The second kappa shape index (κ2) is 11.7. The number of rotatable bonds is 3. The number of aliphatic hydroxyl groups is 1. The zero-order valence-corrected chi connectivity index (χ0v) is 20.7. The highest BCUT2D eigenvalue weighted by Crippen LogP contribution is 2.39. The maximum Gasteiger partial charge on any atom is 0.254 e. The van der Waals surface area contributed by atoms with Gasteiger partial charge in [0.25, 0.3) is 5.91 Å². The minimum absolute atomic E-state index is 0. The van der Waals surface area contributed by atoms with Crippen LogP contribution in [0.15, 0.2) is 60.7 Å². The number of nitrogens with zero attached hydrogens (tertiary/aromatic N) is 2. The molecular weight excluding hydrogens is 455 g/mol. The first-order valence-electron chi connectivity index (χ1n) is 12.0. The van der Waals surface area contributed by atoms with Gasteiger partial charge in [-0.25, -0.2) is 0 Å². The third-order valence-corrected chi connectivity index (χ3v) is 7.94. The summed E-state index contributed by atoms with van der Waals surface area (Å²) >= 11 is 0. The average Bonchev–Trinajstić information content (AvgIpc) is 2.84. The number of likely N-dealkylation sites (tertiary alicyclic amines) is 2. The fourth-order valence-corrected chi connectivity index (χ4v) is 6.28. The molecule has 6 heteroatoms. The third kappa shape index (κ3) is 5.57. The smallest absolute Gasteiger partial charge is 0.254 e. The van der Waals surface area contributed by atoms with E-state index >= 15 is 0 Å². The van der Waals surface area contributed by atoms with Gasteiger partial charge >= 0.3 is 0 Å². The van der Waals surface area contributed by atoms with Crippen molar-refractivity contribution in [2.45, 2.75) is 62.6 Å². The Hall–Kier alpha value is -1.59. The van der Waals surface area contributed by atoms with E-state index in [1.165, 1.54) is 5.56 Å². The molecule has 2 heterocycles. The Morgan fingerprint density at radius 2 is 1.42 bits per heavy atom. The van der Waals surface area contributed by atoms with E-state index in [1.54, 1.807) is 0 Å². The number of hydrogen-bond acceptors (Lipinski definition) is 3. The number of aliphatic hydroxyl groups excluding tert-OH is 1. The van der Waals surface area contributed by atoms with Gasteiger partial charge in [-0.05, 0) is 81.1 Å². The number of carbonyl (C=O) groups excluding carboxylic acids is 1. The molecule has 4 atom stereocenters. The highest BCUT2D eigenvalue weighted by Gasteiger charge is 2.44. The summed E-state index contributed by atoms with van der Waals surface area (Å²) in [5.41, 5.74) is 2.23. The van der Waals surface area contributed by atoms with E-state index in [4.69, 9.17) is 0 Å². The van der Waals surface area contributed by atoms with Crippen LogP contribution in [0.25, 0.3) is 0 Å². The average molecular weight is 492 g/mol. The van der Waals surface area contributed by atoms with Crippen LogP contribution in [0.3, 0.4) is 0 Å². The Morgan fingerprint density at radius 1 is 0.788 bits per heavy atom. The number of piperidine rings is 2. The predicted octanol–water partition coefficient (Wildman–Crippen LogP) is 5.15. The number of amides is 1. The fourth-order valence-electron chi connectivity index (χ4n) is 6.28. The molecule has 2 aromatic rings. The molecule has 1 N–H and O–H groups in total. The van der Waals surface area contributed by atoms with Crippen molar-refractivity contribution < 1.29 is 9.90 Å². The highest BCUT2D eigenvalue weighted by atomic mass is 35.5. The van der Waals surface area contributed by atoms with E-state index in [1.807, 2.05) is 30.3 Å². The molecule has 1 saturated carbocycles. The summed E-state index contributed by atoms with van der Waals surface area (Å²) in [7, 11) is 0. The number of hydrogen-bond donors (Lipinski definition) is 1. The van der Waals surface area contributed by atoms with Crippen molar-refractivity contribution >= 4 is 30.7 Å². The monoisotopic (exact) mass is 490 g/mol. The molecular formula is C27H36Cl2N2O2. The molecule has 1 amide bonds. The van der Waals surface area contributed by atoms with Gasteiger partial charge in [0.2, 0.25) is 0 Å². The molecule has 3 aliphatic rings. The van der Waals surface area contributed by atoms with Gasteiger partial charge in [0.1, 0.15) is 0 Å². The zero-order valence-electron chi connectivity index (χ0n) is 19.1. The van der Waals surface area contributed by atoms with Crippen molar-refractivity contribution in [2.24, 2.45) is 5.92 Å². The molecule has 3 fully saturated rings. The molecule has 2 aliphatic heterocycles. The van der Waals surface area contributed by atoms with Crippen LogP contribution in [-0.4, -0.2) is 58.6 Å². The van der Waals surface area contributed by atoms with Crippen LogP contribution in [0.4, 0.5) is 0 Å². The molecule has 33 heavy (non-hydrogen) atoms. The van der Waals surface area contributed by atoms with Gasteiger partial charge in [0.05, 0.1) is 6.10 Å². The highest BCUT2D eigenvalue weighted by molar-refractivity contribution is 5.94. The van der Waals surface area contributed by atoms with Crippen molar-refractivity contribution in [3.63, 3.8) is 0 Å². The molecule has 0 radical (unpaired) electrons. The standard InChI is InChI=1S/C27H34N2O2.2ClH/c30-26-18-23-12-7-15-29(27(31)22-10-5-2-6-11-22)24(23)19-25(26)28-16-13-21(14-17-28)20-8-3-1-4-9-20;;/h1-6,8-11,21,23-26,30H,7,12-19H2;2*1H/t23-,24-,25-,26-;;/m1../s1. The number of halogens is 2. The van der Waals surface area contributed by atoms with Gasteiger partial charge < -0.3 is 10.0 Å².